The summed E-state index contributed by atoms with van der Waals surface area (Å²) in [7, 11) is 3.07. The average molecular weight is 183 g/mol. The minimum absolute atomic E-state index is 0.516. The van der Waals surface area contributed by atoms with Gasteiger partial charge in [-0.25, -0.2) is 0 Å². The maximum Gasteiger partial charge on any atom is 0.132 e. The molecule has 1 aromatic rings. The summed E-state index contributed by atoms with van der Waals surface area (Å²) in [6, 6.07) is 5.08. The molecule has 4 nitrogen and oxygen atoms in total. The van der Waals surface area contributed by atoms with E-state index in [0.29, 0.717) is 17.1 Å². The van der Waals surface area contributed by atoms with E-state index < -0.39 is 6.23 Å². The van der Waals surface area contributed by atoms with E-state index in [4.69, 9.17) is 15.2 Å². The summed E-state index contributed by atoms with van der Waals surface area (Å²) < 4.78 is 9.99. The number of benzene rings is 1. The predicted molar refractivity (Wildman–Crippen MR) is 48.7 cm³/mol. The van der Waals surface area contributed by atoms with Gasteiger partial charge in [-0.05, 0) is 18.2 Å². The molecule has 0 saturated carbocycles. The first-order chi connectivity index (χ1) is 6.19. The lowest BCUT2D eigenvalue weighted by molar-refractivity contribution is 0.181. The van der Waals surface area contributed by atoms with Gasteiger partial charge in [-0.3, -0.25) is 0 Å². The van der Waals surface area contributed by atoms with E-state index in [1.54, 1.807) is 25.3 Å². The molecule has 0 aliphatic rings. The summed E-state index contributed by atoms with van der Waals surface area (Å²) in [4.78, 5) is 0. The van der Waals surface area contributed by atoms with E-state index in [9.17, 15) is 5.11 Å². The van der Waals surface area contributed by atoms with Gasteiger partial charge in [-0.1, -0.05) is 0 Å². The van der Waals surface area contributed by atoms with Crippen molar-refractivity contribution in [3.05, 3.63) is 23.8 Å². The van der Waals surface area contributed by atoms with Crippen molar-refractivity contribution in [2.75, 3.05) is 14.2 Å². The van der Waals surface area contributed by atoms with Crippen LogP contribution in [0.5, 0.6) is 11.5 Å². The van der Waals surface area contributed by atoms with Gasteiger partial charge in [0.05, 0.1) is 14.2 Å². The third-order valence-corrected chi connectivity index (χ3v) is 1.76. The number of methoxy groups -OCH3 is 2. The standard InChI is InChI=1S/C9H13NO3/c1-12-6-3-4-8(13-2)7(5-6)9(10)11/h3-5,9,11H,10H2,1-2H3. The quantitative estimate of drug-likeness (QED) is 0.675. The van der Waals surface area contributed by atoms with Crippen molar-refractivity contribution in [3.63, 3.8) is 0 Å². The van der Waals surface area contributed by atoms with E-state index in [2.05, 4.69) is 0 Å². The summed E-state index contributed by atoms with van der Waals surface area (Å²) in [6.07, 6.45) is -1.05. The van der Waals surface area contributed by atoms with E-state index in [1.807, 2.05) is 0 Å². The first-order valence-electron chi connectivity index (χ1n) is 3.84. The monoisotopic (exact) mass is 183 g/mol. The second-order valence-electron chi connectivity index (χ2n) is 2.55. The molecule has 4 heteroatoms. The molecule has 72 valence electrons. The highest BCUT2D eigenvalue weighted by Gasteiger charge is 2.09. The number of rotatable bonds is 3. The molecule has 0 fully saturated rings. The van der Waals surface area contributed by atoms with Gasteiger partial charge in [0.1, 0.15) is 17.7 Å². The summed E-state index contributed by atoms with van der Waals surface area (Å²) in [6.45, 7) is 0. The Bertz CT molecular complexity index is 286. The molecule has 1 unspecified atom stereocenters. The fourth-order valence-corrected chi connectivity index (χ4v) is 1.07. The van der Waals surface area contributed by atoms with Crippen molar-refractivity contribution in [2.24, 2.45) is 5.73 Å². The molecule has 0 heterocycles. The summed E-state index contributed by atoms with van der Waals surface area (Å²) in [5.41, 5.74) is 5.85. The van der Waals surface area contributed by atoms with Crippen molar-refractivity contribution >= 4 is 0 Å². The number of hydrogen-bond donors (Lipinski definition) is 2. The lowest BCUT2D eigenvalue weighted by atomic mass is 10.1. The average Bonchev–Trinajstić information content (AvgIpc) is 2.16. The van der Waals surface area contributed by atoms with Crippen LogP contribution in [-0.2, 0) is 0 Å². The molecular formula is C9H13NO3. The van der Waals surface area contributed by atoms with Crippen LogP contribution in [0.1, 0.15) is 11.8 Å². The Balaban J connectivity index is 3.10. The van der Waals surface area contributed by atoms with Crippen molar-refractivity contribution in [2.45, 2.75) is 6.23 Å². The Morgan fingerprint density at radius 3 is 2.46 bits per heavy atom. The molecule has 1 aromatic carbocycles. The number of hydrogen-bond acceptors (Lipinski definition) is 4. The Hall–Kier alpha value is -1.26. The third-order valence-electron chi connectivity index (χ3n) is 1.76. The van der Waals surface area contributed by atoms with E-state index in [1.165, 1.54) is 7.11 Å². The second-order valence-corrected chi connectivity index (χ2v) is 2.55. The van der Waals surface area contributed by atoms with Crippen LogP contribution >= 0.6 is 0 Å². The van der Waals surface area contributed by atoms with Crippen LogP contribution in [0.2, 0.25) is 0 Å². The van der Waals surface area contributed by atoms with Gasteiger partial charge in [0.15, 0.2) is 0 Å². The molecule has 0 aromatic heterocycles. The minimum atomic E-state index is -1.05. The van der Waals surface area contributed by atoms with Crippen LogP contribution in [0.4, 0.5) is 0 Å². The normalized spacial score (nSPS) is 12.3. The topological polar surface area (TPSA) is 64.7 Å². The lowest BCUT2D eigenvalue weighted by Gasteiger charge is -2.11. The largest absolute Gasteiger partial charge is 0.497 e. The van der Waals surface area contributed by atoms with E-state index >= 15 is 0 Å². The second kappa shape index (κ2) is 4.11. The fourth-order valence-electron chi connectivity index (χ4n) is 1.07. The number of aliphatic hydroxyl groups excluding tert-OH is 1. The molecule has 0 aliphatic carbocycles. The lowest BCUT2D eigenvalue weighted by Crippen LogP contribution is -2.10. The smallest absolute Gasteiger partial charge is 0.132 e. The molecule has 0 spiro atoms. The van der Waals surface area contributed by atoms with Gasteiger partial charge in [0, 0.05) is 5.56 Å². The van der Waals surface area contributed by atoms with Gasteiger partial charge in [0.25, 0.3) is 0 Å². The molecular weight excluding hydrogens is 170 g/mol. The number of nitrogens with two attached hydrogens (primary N) is 1. The molecule has 0 bridgehead atoms. The Labute approximate surface area is 76.9 Å². The predicted octanol–water partition coefficient (Wildman–Crippen LogP) is 0.653. The first-order valence-corrected chi connectivity index (χ1v) is 3.84. The molecule has 0 radical (unpaired) electrons. The first kappa shape index (κ1) is 9.83. The van der Waals surface area contributed by atoms with Crippen molar-refractivity contribution in [1.82, 2.24) is 0 Å². The molecule has 1 atom stereocenters. The zero-order chi connectivity index (χ0) is 9.84. The van der Waals surface area contributed by atoms with Crippen molar-refractivity contribution < 1.29 is 14.6 Å². The SMILES string of the molecule is COc1ccc(OC)c(C(N)O)c1. The van der Waals surface area contributed by atoms with E-state index in [-0.39, 0.29) is 0 Å². The van der Waals surface area contributed by atoms with Crippen LogP contribution in [0.25, 0.3) is 0 Å². The summed E-state index contributed by atoms with van der Waals surface area (Å²) in [5.74, 6) is 1.19. The maximum absolute atomic E-state index is 9.20. The summed E-state index contributed by atoms with van der Waals surface area (Å²) >= 11 is 0. The fraction of sp³-hybridized carbons (Fsp3) is 0.333. The molecule has 13 heavy (non-hydrogen) atoms. The molecule has 0 saturated heterocycles. The van der Waals surface area contributed by atoms with Crippen LogP contribution in [0.15, 0.2) is 18.2 Å². The maximum atomic E-state index is 9.20. The highest BCUT2D eigenvalue weighted by molar-refractivity contribution is 5.41. The molecule has 1 rings (SSSR count). The summed E-state index contributed by atoms with van der Waals surface area (Å²) in [5, 5.41) is 9.20. The van der Waals surface area contributed by atoms with Crippen LogP contribution in [0.3, 0.4) is 0 Å². The molecule has 0 aliphatic heterocycles. The Morgan fingerprint density at radius 2 is 2.00 bits per heavy atom. The third kappa shape index (κ3) is 2.11. The van der Waals surface area contributed by atoms with Crippen LogP contribution < -0.4 is 15.2 Å². The number of aliphatic hydroxyl groups is 1. The van der Waals surface area contributed by atoms with Crippen LogP contribution in [0, 0.1) is 0 Å². The van der Waals surface area contributed by atoms with Gasteiger partial charge < -0.3 is 20.3 Å². The minimum Gasteiger partial charge on any atom is -0.497 e. The number of ether oxygens (including phenoxy) is 2. The van der Waals surface area contributed by atoms with Gasteiger partial charge in [-0.2, -0.15) is 0 Å². The van der Waals surface area contributed by atoms with Crippen LogP contribution in [-0.4, -0.2) is 19.3 Å². The van der Waals surface area contributed by atoms with Crippen molar-refractivity contribution in [1.29, 1.82) is 0 Å². The Kier molecular flexibility index (Phi) is 3.11. The van der Waals surface area contributed by atoms with Gasteiger partial charge in [-0.15, -0.1) is 0 Å². The molecule has 3 N–H and O–H groups in total. The molecule has 0 amide bonds. The highest BCUT2D eigenvalue weighted by Crippen LogP contribution is 2.26. The zero-order valence-electron chi connectivity index (χ0n) is 7.65. The highest BCUT2D eigenvalue weighted by atomic mass is 16.5. The Morgan fingerprint density at radius 1 is 1.31 bits per heavy atom. The zero-order valence-corrected chi connectivity index (χ0v) is 7.65. The van der Waals surface area contributed by atoms with Crippen molar-refractivity contribution in [3.8, 4) is 11.5 Å². The van der Waals surface area contributed by atoms with E-state index in [0.717, 1.165) is 0 Å². The van der Waals surface area contributed by atoms with Gasteiger partial charge in [0.2, 0.25) is 0 Å². The van der Waals surface area contributed by atoms with Gasteiger partial charge >= 0.3 is 0 Å².